The van der Waals surface area contributed by atoms with Gasteiger partial charge in [-0.1, -0.05) is 48.6 Å². The lowest BCUT2D eigenvalue weighted by Gasteiger charge is -2.16. The van der Waals surface area contributed by atoms with E-state index in [4.69, 9.17) is 0 Å². The summed E-state index contributed by atoms with van der Waals surface area (Å²) in [6, 6.07) is 9.63. The first-order valence-corrected chi connectivity index (χ1v) is 4.78. The van der Waals surface area contributed by atoms with Gasteiger partial charge in [0, 0.05) is 5.92 Å². The predicted octanol–water partition coefficient (Wildman–Crippen LogP) is 3.10. The van der Waals surface area contributed by atoms with Gasteiger partial charge in [-0.3, -0.25) is 0 Å². The first kappa shape index (κ1) is 10.7. The minimum absolute atomic E-state index is 0.0117. The topological polar surface area (TPSA) is 20.2 Å². The quantitative estimate of drug-likeness (QED) is 0.720. The van der Waals surface area contributed by atoms with Crippen LogP contribution in [0.4, 0.5) is 0 Å². The Balaban J connectivity index is 2.83. The Morgan fingerprint density at radius 2 is 1.93 bits per heavy atom. The number of aliphatic hydroxyl groups is 1. The summed E-state index contributed by atoms with van der Waals surface area (Å²) < 4.78 is 0. The molecule has 0 saturated carbocycles. The Morgan fingerprint density at radius 3 is 2.43 bits per heavy atom. The Labute approximate surface area is 85.4 Å². The van der Waals surface area contributed by atoms with E-state index >= 15 is 0 Å². The zero-order valence-corrected chi connectivity index (χ0v) is 8.43. The van der Waals surface area contributed by atoms with E-state index in [0.717, 1.165) is 5.56 Å². The van der Waals surface area contributed by atoms with Crippen molar-refractivity contribution in [3.05, 3.63) is 60.7 Å². The van der Waals surface area contributed by atoms with Gasteiger partial charge in [-0.25, -0.2) is 0 Å². The van der Waals surface area contributed by atoms with Crippen LogP contribution < -0.4 is 0 Å². The molecule has 1 rings (SSSR count). The lowest BCUT2D eigenvalue weighted by molar-refractivity contribution is 0.151. The summed E-state index contributed by atoms with van der Waals surface area (Å²) in [7, 11) is 0. The Bertz CT molecular complexity index is 300. The van der Waals surface area contributed by atoms with E-state index in [-0.39, 0.29) is 5.92 Å². The SMILES string of the molecule is C=CC(/C=C/C)C(O)c1ccccc1. The molecule has 2 atom stereocenters. The van der Waals surface area contributed by atoms with Gasteiger partial charge in [0.1, 0.15) is 0 Å². The summed E-state index contributed by atoms with van der Waals surface area (Å²) >= 11 is 0. The summed E-state index contributed by atoms with van der Waals surface area (Å²) in [4.78, 5) is 0. The molecule has 0 heterocycles. The van der Waals surface area contributed by atoms with Crippen LogP contribution in [-0.2, 0) is 0 Å². The molecular formula is C13H16O. The maximum absolute atomic E-state index is 9.99. The van der Waals surface area contributed by atoms with Crippen LogP contribution in [0.25, 0.3) is 0 Å². The fourth-order valence-corrected chi connectivity index (χ4v) is 1.41. The van der Waals surface area contributed by atoms with E-state index in [1.54, 1.807) is 6.08 Å². The third-order valence-electron chi connectivity index (χ3n) is 2.19. The fourth-order valence-electron chi connectivity index (χ4n) is 1.41. The van der Waals surface area contributed by atoms with E-state index in [1.165, 1.54) is 0 Å². The molecule has 1 N–H and O–H groups in total. The highest BCUT2D eigenvalue weighted by Crippen LogP contribution is 2.23. The molecule has 0 aliphatic heterocycles. The summed E-state index contributed by atoms with van der Waals surface area (Å²) in [6.45, 7) is 5.65. The van der Waals surface area contributed by atoms with Crippen molar-refractivity contribution < 1.29 is 5.11 Å². The van der Waals surface area contributed by atoms with Crippen LogP contribution in [-0.4, -0.2) is 5.11 Å². The zero-order valence-electron chi connectivity index (χ0n) is 8.43. The fraction of sp³-hybridized carbons (Fsp3) is 0.231. The van der Waals surface area contributed by atoms with Crippen LogP contribution >= 0.6 is 0 Å². The van der Waals surface area contributed by atoms with Crippen molar-refractivity contribution in [2.75, 3.05) is 0 Å². The smallest absolute Gasteiger partial charge is 0.0887 e. The molecule has 14 heavy (non-hydrogen) atoms. The van der Waals surface area contributed by atoms with Crippen LogP contribution in [0.15, 0.2) is 55.1 Å². The molecule has 0 aliphatic rings. The predicted molar refractivity (Wildman–Crippen MR) is 59.9 cm³/mol. The molecule has 0 radical (unpaired) electrons. The minimum Gasteiger partial charge on any atom is -0.387 e. The van der Waals surface area contributed by atoms with Crippen molar-refractivity contribution >= 4 is 0 Å². The lowest BCUT2D eigenvalue weighted by Crippen LogP contribution is -2.07. The van der Waals surface area contributed by atoms with Crippen LogP contribution in [0.3, 0.4) is 0 Å². The van der Waals surface area contributed by atoms with Crippen LogP contribution in [0.5, 0.6) is 0 Å². The third kappa shape index (κ3) is 2.57. The van der Waals surface area contributed by atoms with Crippen molar-refractivity contribution in [2.24, 2.45) is 5.92 Å². The van der Waals surface area contributed by atoms with Crippen molar-refractivity contribution in [3.8, 4) is 0 Å². The third-order valence-corrected chi connectivity index (χ3v) is 2.19. The monoisotopic (exact) mass is 188 g/mol. The van der Waals surface area contributed by atoms with Gasteiger partial charge in [0.15, 0.2) is 0 Å². The highest BCUT2D eigenvalue weighted by molar-refractivity contribution is 5.20. The number of benzene rings is 1. The molecule has 1 aromatic rings. The normalized spacial score (nSPS) is 15.3. The molecular weight excluding hydrogens is 172 g/mol. The van der Waals surface area contributed by atoms with Gasteiger partial charge in [0.25, 0.3) is 0 Å². The number of aliphatic hydroxyl groups excluding tert-OH is 1. The Morgan fingerprint density at radius 1 is 1.29 bits per heavy atom. The van der Waals surface area contributed by atoms with Gasteiger partial charge in [-0.2, -0.15) is 0 Å². The van der Waals surface area contributed by atoms with Gasteiger partial charge < -0.3 is 5.11 Å². The molecule has 1 nitrogen and oxygen atoms in total. The van der Waals surface area contributed by atoms with Crippen LogP contribution in [0.1, 0.15) is 18.6 Å². The second kappa shape index (κ2) is 5.40. The molecule has 2 unspecified atom stereocenters. The van der Waals surface area contributed by atoms with Gasteiger partial charge in [-0.15, -0.1) is 6.58 Å². The standard InChI is InChI=1S/C13H16O/c1-3-8-11(4-2)13(14)12-9-6-5-7-10-12/h3-11,13-14H,2H2,1H3/b8-3+. The maximum atomic E-state index is 9.99. The first-order valence-electron chi connectivity index (χ1n) is 4.78. The molecule has 0 fully saturated rings. The van der Waals surface area contributed by atoms with Gasteiger partial charge in [-0.05, 0) is 12.5 Å². The second-order valence-corrected chi connectivity index (χ2v) is 3.19. The average Bonchev–Trinajstić information content (AvgIpc) is 2.26. The van der Waals surface area contributed by atoms with E-state index in [1.807, 2.05) is 49.4 Å². The zero-order chi connectivity index (χ0) is 10.4. The summed E-state index contributed by atoms with van der Waals surface area (Å²) in [5, 5.41) is 9.99. The van der Waals surface area contributed by atoms with Crippen molar-refractivity contribution in [1.29, 1.82) is 0 Å². The number of rotatable bonds is 4. The van der Waals surface area contributed by atoms with Gasteiger partial charge in [0.2, 0.25) is 0 Å². The summed E-state index contributed by atoms with van der Waals surface area (Å²) in [5.41, 5.74) is 0.926. The molecule has 0 aliphatic carbocycles. The van der Waals surface area contributed by atoms with Crippen molar-refractivity contribution in [1.82, 2.24) is 0 Å². The largest absolute Gasteiger partial charge is 0.387 e. The van der Waals surface area contributed by atoms with Crippen LogP contribution in [0, 0.1) is 5.92 Å². The molecule has 1 heteroatoms. The number of hydrogen-bond acceptors (Lipinski definition) is 1. The van der Waals surface area contributed by atoms with E-state index in [0.29, 0.717) is 0 Å². The second-order valence-electron chi connectivity index (χ2n) is 3.19. The first-order chi connectivity index (χ1) is 6.79. The Hall–Kier alpha value is -1.34. The number of allylic oxidation sites excluding steroid dienone is 1. The van der Waals surface area contributed by atoms with E-state index < -0.39 is 6.10 Å². The van der Waals surface area contributed by atoms with Crippen LogP contribution in [0.2, 0.25) is 0 Å². The molecule has 0 saturated heterocycles. The van der Waals surface area contributed by atoms with Crippen molar-refractivity contribution in [2.45, 2.75) is 13.0 Å². The minimum atomic E-state index is -0.495. The molecule has 0 spiro atoms. The lowest BCUT2D eigenvalue weighted by atomic mass is 9.95. The molecule has 0 bridgehead atoms. The molecule has 74 valence electrons. The van der Waals surface area contributed by atoms with E-state index in [2.05, 4.69) is 6.58 Å². The molecule has 1 aromatic carbocycles. The van der Waals surface area contributed by atoms with E-state index in [9.17, 15) is 5.11 Å². The summed E-state index contributed by atoms with van der Waals surface area (Å²) in [6.07, 6.45) is 5.14. The highest BCUT2D eigenvalue weighted by atomic mass is 16.3. The highest BCUT2D eigenvalue weighted by Gasteiger charge is 2.14. The van der Waals surface area contributed by atoms with Gasteiger partial charge in [0.05, 0.1) is 6.10 Å². The molecule has 0 amide bonds. The van der Waals surface area contributed by atoms with Crippen molar-refractivity contribution in [3.63, 3.8) is 0 Å². The summed E-state index contributed by atoms with van der Waals surface area (Å²) in [5.74, 6) is -0.0117. The maximum Gasteiger partial charge on any atom is 0.0887 e. The van der Waals surface area contributed by atoms with Gasteiger partial charge >= 0.3 is 0 Å². The Kier molecular flexibility index (Phi) is 4.14. The number of hydrogen-bond donors (Lipinski definition) is 1. The molecule has 0 aromatic heterocycles. The average molecular weight is 188 g/mol.